The van der Waals surface area contributed by atoms with E-state index in [2.05, 4.69) is 31.0 Å². The highest BCUT2D eigenvalue weighted by molar-refractivity contribution is 4.92. The van der Waals surface area contributed by atoms with Gasteiger partial charge >= 0.3 is 0 Å². The van der Waals surface area contributed by atoms with Gasteiger partial charge < -0.3 is 10.2 Å². The molecular weight excluding hydrogens is 208 g/mol. The maximum atomic E-state index is 3.58. The van der Waals surface area contributed by atoms with Crippen LogP contribution < -0.4 is 5.32 Å². The Morgan fingerprint density at radius 1 is 1.35 bits per heavy atom. The van der Waals surface area contributed by atoms with E-state index >= 15 is 0 Å². The van der Waals surface area contributed by atoms with Crippen molar-refractivity contribution in [3.63, 3.8) is 0 Å². The molecule has 100 valence electrons. The Kier molecular flexibility index (Phi) is 4.48. The topological polar surface area (TPSA) is 15.3 Å². The van der Waals surface area contributed by atoms with Crippen LogP contribution in [-0.4, -0.2) is 37.1 Å². The first-order valence-electron chi connectivity index (χ1n) is 7.60. The summed E-state index contributed by atoms with van der Waals surface area (Å²) in [6, 6.07) is 0.799. The summed E-state index contributed by atoms with van der Waals surface area (Å²) in [5.41, 5.74) is 0.587. The number of likely N-dealkylation sites (tertiary alicyclic amines) is 1. The molecule has 3 unspecified atom stereocenters. The lowest BCUT2D eigenvalue weighted by atomic mass is 9.80. The number of nitrogens with zero attached hydrogens (tertiary/aromatic N) is 1. The Hall–Kier alpha value is -0.0800. The van der Waals surface area contributed by atoms with Gasteiger partial charge in [0.25, 0.3) is 0 Å². The van der Waals surface area contributed by atoms with E-state index in [-0.39, 0.29) is 0 Å². The summed E-state index contributed by atoms with van der Waals surface area (Å²) < 4.78 is 0. The van der Waals surface area contributed by atoms with E-state index in [1.165, 1.54) is 58.3 Å². The molecule has 2 aliphatic heterocycles. The summed E-state index contributed by atoms with van der Waals surface area (Å²) in [6.45, 7) is 12.3. The number of nitrogens with one attached hydrogen (secondary N) is 1. The van der Waals surface area contributed by atoms with Crippen molar-refractivity contribution in [2.45, 2.75) is 58.9 Å². The van der Waals surface area contributed by atoms with Crippen LogP contribution in [0.2, 0.25) is 0 Å². The zero-order valence-corrected chi connectivity index (χ0v) is 12.0. The van der Waals surface area contributed by atoms with Crippen molar-refractivity contribution in [1.82, 2.24) is 10.2 Å². The summed E-state index contributed by atoms with van der Waals surface area (Å²) in [4.78, 5) is 2.77. The summed E-state index contributed by atoms with van der Waals surface area (Å²) in [7, 11) is 0. The van der Waals surface area contributed by atoms with Gasteiger partial charge in [-0.25, -0.2) is 0 Å². The van der Waals surface area contributed by atoms with E-state index in [0.717, 1.165) is 12.0 Å². The van der Waals surface area contributed by atoms with Gasteiger partial charge in [0.2, 0.25) is 0 Å². The number of piperidine rings is 1. The SMILES string of the molecule is CCCC1(CN2CCC(C)CC2C)CCNC1. The average molecular weight is 238 g/mol. The number of rotatable bonds is 4. The average Bonchev–Trinajstić information content (AvgIpc) is 2.72. The molecule has 0 saturated carbocycles. The van der Waals surface area contributed by atoms with E-state index < -0.39 is 0 Å². The Morgan fingerprint density at radius 2 is 2.18 bits per heavy atom. The predicted octanol–water partition coefficient (Wildman–Crippen LogP) is 2.89. The van der Waals surface area contributed by atoms with Crippen molar-refractivity contribution in [2.24, 2.45) is 11.3 Å². The minimum atomic E-state index is 0.587. The number of hydrogen-bond acceptors (Lipinski definition) is 2. The van der Waals surface area contributed by atoms with Gasteiger partial charge in [-0.3, -0.25) is 0 Å². The fraction of sp³-hybridized carbons (Fsp3) is 1.00. The van der Waals surface area contributed by atoms with Crippen LogP contribution in [0, 0.1) is 11.3 Å². The van der Waals surface area contributed by atoms with Crippen molar-refractivity contribution >= 4 is 0 Å². The second-order valence-corrected chi connectivity index (χ2v) is 6.63. The van der Waals surface area contributed by atoms with Crippen molar-refractivity contribution < 1.29 is 0 Å². The Labute approximate surface area is 107 Å². The molecule has 0 bridgehead atoms. The third-order valence-electron chi connectivity index (χ3n) is 4.93. The van der Waals surface area contributed by atoms with Gasteiger partial charge in [-0.1, -0.05) is 20.3 Å². The third kappa shape index (κ3) is 3.23. The largest absolute Gasteiger partial charge is 0.316 e. The minimum absolute atomic E-state index is 0.587. The van der Waals surface area contributed by atoms with E-state index in [0.29, 0.717) is 5.41 Å². The maximum Gasteiger partial charge on any atom is 0.00697 e. The lowest BCUT2D eigenvalue weighted by Crippen LogP contribution is -2.47. The van der Waals surface area contributed by atoms with Gasteiger partial charge in [0.1, 0.15) is 0 Å². The first kappa shape index (κ1) is 13.4. The molecule has 0 aromatic rings. The second kappa shape index (κ2) is 5.71. The fourth-order valence-corrected chi connectivity index (χ4v) is 3.87. The molecule has 0 spiro atoms. The monoisotopic (exact) mass is 238 g/mol. The van der Waals surface area contributed by atoms with Crippen LogP contribution in [0.3, 0.4) is 0 Å². The van der Waals surface area contributed by atoms with Crippen molar-refractivity contribution in [1.29, 1.82) is 0 Å². The molecule has 0 amide bonds. The van der Waals surface area contributed by atoms with Gasteiger partial charge in [0.15, 0.2) is 0 Å². The molecule has 1 N–H and O–H groups in total. The van der Waals surface area contributed by atoms with Gasteiger partial charge in [-0.2, -0.15) is 0 Å². The molecule has 0 radical (unpaired) electrons. The predicted molar refractivity (Wildman–Crippen MR) is 74.3 cm³/mol. The molecule has 0 aromatic carbocycles. The van der Waals surface area contributed by atoms with Crippen molar-refractivity contribution in [3.8, 4) is 0 Å². The summed E-state index contributed by atoms with van der Waals surface area (Å²) in [5.74, 6) is 0.935. The van der Waals surface area contributed by atoms with Crippen molar-refractivity contribution in [2.75, 3.05) is 26.2 Å². The number of hydrogen-bond donors (Lipinski definition) is 1. The Balaban J connectivity index is 1.93. The summed E-state index contributed by atoms with van der Waals surface area (Å²) in [5, 5.41) is 3.58. The molecule has 0 aromatic heterocycles. The lowest BCUT2D eigenvalue weighted by Gasteiger charge is -2.42. The fourth-order valence-electron chi connectivity index (χ4n) is 3.87. The third-order valence-corrected chi connectivity index (χ3v) is 4.93. The maximum absolute atomic E-state index is 3.58. The Morgan fingerprint density at radius 3 is 2.76 bits per heavy atom. The highest BCUT2D eigenvalue weighted by Crippen LogP contribution is 2.34. The van der Waals surface area contributed by atoms with Gasteiger partial charge in [0.05, 0.1) is 0 Å². The molecule has 2 saturated heterocycles. The molecule has 2 heteroatoms. The van der Waals surface area contributed by atoms with Crippen LogP contribution in [0.1, 0.15) is 52.9 Å². The standard InChI is InChI=1S/C15H30N2/c1-4-6-15(7-8-16-11-15)12-17-9-5-13(2)10-14(17)3/h13-14,16H,4-12H2,1-3H3. The quantitative estimate of drug-likeness (QED) is 0.810. The van der Waals surface area contributed by atoms with Gasteiger partial charge in [-0.15, -0.1) is 0 Å². The van der Waals surface area contributed by atoms with E-state index in [1.54, 1.807) is 0 Å². The molecule has 2 aliphatic rings. The molecule has 2 rings (SSSR count). The summed E-state index contributed by atoms with van der Waals surface area (Å²) >= 11 is 0. The molecular formula is C15H30N2. The molecule has 2 nitrogen and oxygen atoms in total. The smallest absolute Gasteiger partial charge is 0.00697 e. The normalized spacial score (nSPS) is 39.7. The first-order chi connectivity index (χ1) is 8.15. The molecule has 17 heavy (non-hydrogen) atoms. The van der Waals surface area contributed by atoms with Crippen LogP contribution >= 0.6 is 0 Å². The minimum Gasteiger partial charge on any atom is -0.316 e. The van der Waals surface area contributed by atoms with Crippen LogP contribution in [-0.2, 0) is 0 Å². The van der Waals surface area contributed by atoms with Gasteiger partial charge in [-0.05, 0) is 57.0 Å². The van der Waals surface area contributed by atoms with Crippen molar-refractivity contribution in [3.05, 3.63) is 0 Å². The van der Waals surface area contributed by atoms with E-state index in [1.807, 2.05) is 0 Å². The molecule has 2 fully saturated rings. The van der Waals surface area contributed by atoms with E-state index in [4.69, 9.17) is 0 Å². The van der Waals surface area contributed by atoms with Crippen LogP contribution in [0.5, 0.6) is 0 Å². The van der Waals surface area contributed by atoms with Crippen LogP contribution in [0.25, 0.3) is 0 Å². The first-order valence-corrected chi connectivity index (χ1v) is 7.60. The van der Waals surface area contributed by atoms with Gasteiger partial charge in [0, 0.05) is 19.1 Å². The van der Waals surface area contributed by atoms with Crippen LogP contribution in [0.4, 0.5) is 0 Å². The lowest BCUT2D eigenvalue weighted by molar-refractivity contribution is 0.0732. The molecule has 0 aliphatic carbocycles. The van der Waals surface area contributed by atoms with E-state index in [9.17, 15) is 0 Å². The molecule has 2 heterocycles. The molecule has 3 atom stereocenters. The summed E-state index contributed by atoms with van der Waals surface area (Å²) in [6.07, 6.45) is 6.92. The Bertz CT molecular complexity index is 233. The highest BCUT2D eigenvalue weighted by atomic mass is 15.2. The zero-order valence-electron chi connectivity index (χ0n) is 12.0. The van der Waals surface area contributed by atoms with Crippen LogP contribution in [0.15, 0.2) is 0 Å². The highest BCUT2D eigenvalue weighted by Gasteiger charge is 2.36. The second-order valence-electron chi connectivity index (χ2n) is 6.63. The zero-order chi connectivity index (χ0) is 12.3.